The first-order chi connectivity index (χ1) is 7.90. The number of alkyl halides is 2. The number of hydrogen-bond acceptors (Lipinski definition) is 2. The number of nitrogens with one attached hydrogen (secondary N) is 1. The van der Waals surface area contributed by atoms with Crippen molar-refractivity contribution >= 4 is 18.5 Å². The highest BCUT2D eigenvalue weighted by Crippen LogP contribution is 2.34. The second-order valence-electron chi connectivity index (χ2n) is 3.59. The summed E-state index contributed by atoms with van der Waals surface area (Å²) in [6.45, 7) is -1.09. The predicted molar refractivity (Wildman–Crippen MR) is 55.8 cm³/mol. The van der Waals surface area contributed by atoms with Crippen molar-refractivity contribution in [1.82, 2.24) is 5.32 Å². The van der Waals surface area contributed by atoms with Crippen molar-refractivity contribution in [3.8, 4) is 0 Å². The van der Waals surface area contributed by atoms with Crippen LogP contribution in [0, 0.1) is 11.6 Å². The van der Waals surface area contributed by atoms with Crippen molar-refractivity contribution in [3.05, 3.63) is 35.4 Å². The number of alkyl carbamates (subject to hydrolysis) is 1. The van der Waals surface area contributed by atoms with E-state index < -0.39 is 36.3 Å². The van der Waals surface area contributed by atoms with Gasteiger partial charge in [0.05, 0.1) is 0 Å². The third-order valence-corrected chi connectivity index (χ3v) is 2.36. The van der Waals surface area contributed by atoms with Gasteiger partial charge in [-0.15, -0.1) is 12.4 Å². The molecule has 0 spiro atoms. The molecule has 1 amide bonds. The first-order valence-corrected chi connectivity index (χ1v) is 4.66. The molecule has 1 aromatic carbocycles. The normalized spacial score (nSPS) is 21.6. The molecule has 0 bridgehead atoms. The van der Waals surface area contributed by atoms with Crippen LogP contribution in [-0.2, 0) is 4.74 Å². The van der Waals surface area contributed by atoms with Gasteiger partial charge in [-0.25, -0.2) is 22.4 Å². The number of halogens is 5. The second kappa shape index (κ2) is 5.01. The Morgan fingerprint density at radius 3 is 2.56 bits per heavy atom. The third-order valence-electron chi connectivity index (χ3n) is 2.36. The molecule has 8 heteroatoms. The van der Waals surface area contributed by atoms with Gasteiger partial charge in [0, 0.05) is 0 Å². The number of ether oxygens (including phenoxy) is 1. The highest BCUT2D eigenvalue weighted by atomic mass is 35.5. The van der Waals surface area contributed by atoms with E-state index in [2.05, 4.69) is 4.74 Å². The number of cyclic esters (lactones) is 1. The lowest BCUT2D eigenvalue weighted by molar-refractivity contribution is -0.104. The molecule has 0 unspecified atom stereocenters. The van der Waals surface area contributed by atoms with Gasteiger partial charge in [0.15, 0.2) is 18.2 Å². The Kier molecular flexibility index (Phi) is 4.05. The van der Waals surface area contributed by atoms with Gasteiger partial charge in [-0.3, -0.25) is 0 Å². The number of hydrogen-bond donors (Lipinski definition) is 1. The van der Waals surface area contributed by atoms with Crippen molar-refractivity contribution < 1.29 is 27.1 Å². The fraction of sp³-hybridized carbons (Fsp3) is 0.300. The molecule has 1 N–H and O–H groups in total. The quantitative estimate of drug-likeness (QED) is 0.806. The summed E-state index contributed by atoms with van der Waals surface area (Å²) in [4.78, 5) is 10.9. The summed E-state index contributed by atoms with van der Waals surface area (Å²) in [5, 5.41) is 1.87. The molecule has 1 saturated heterocycles. The molecule has 1 atom stereocenters. The smallest absolute Gasteiger partial charge is 0.408 e. The SMILES string of the molecule is Cl.O=C1N[C@@H](c2ccc(F)c(F)c2)C(F)(F)CO1. The monoisotopic (exact) mass is 285 g/mol. The molecule has 100 valence electrons. The van der Waals surface area contributed by atoms with Crippen molar-refractivity contribution in [3.63, 3.8) is 0 Å². The molecule has 0 aromatic heterocycles. The average molecular weight is 286 g/mol. The number of benzene rings is 1. The van der Waals surface area contributed by atoms with Gasteiger partial charge >= 0.3 is 12.0 Å². The van der Waals surface area contributed by atoms with Gasteiger partial charge < -0.3 is 10.1 Å². The van der Waals surface area contributed by atoms with Crippen LogP contribution in [0.2, 0.25) is 0 Å². The van der Waals surface area contributed by atoms with E-state index in [-0.39, 0.29) is 18.0 Å². The van der Waals surface area contributed by atoms with Crippen LogP contribution in [0.15, 0.2) is 18.2 Å². The summed E-state index contributed by atoms with van der Waals surface area (Å²) >= 11 is 0. The van der Waals surface area contributed by atoms with E-state index in [9.17, 15) is 22.4 Å². The molecule has 0 radical (unpaired) electrons. The van der Waals surface area contributed by atoms with Crippen LogP contribution in [0.4, 0.5) is 22.4 Å². The van der Waals surface area contributed by atoms with Crippen molar-refractivity contribution in [1.29, 1.82) is 0 Å². The summed E-state index contributed by atoms with van der Waals surface area (Å²) in [7, 11) is 0. The molecule has 18 heavy (non-hydrogen) atoms. The van der Waals surface area contributed by atoms with E-state index in [1.807, 2.05) is 5.32 Å². The van der Waals surface area contributed by atoms with Gasteiger partial charge in [-0.05, 0) is 17.7 Å². The summed E-state index contributed by atoms with van der Waals surface area (Å²) in [5.41, 5.74) is -0.217. The number of carbonyl (C=O) groups is 1. The first-order valence-electron chi connectivity index (χ1n) is 4.66. The average Bonchev–Trinajstić information content (AvgIpc) is 2.26. The van der Waals surface area contributed by atoms with Crippen LogP contribution < -0.4 is 5.32 Å². The van der Waals surface area contributed by atoms with E-state index in [1.165, 1.54) is 0 Å². The van der Waals surface area contributed by atoms with E-state index in [0.29, 0.717) is 6.07 Å². The Balaban J connectivity index is 0.00000162. The third kappa shape index (κ3) is 2.66. The highest BCUT2D eigenvalue weighted by Gasteiger charge is 2.46. The van der Waals surface area contributed by atoms with Crippen LogP contribution in [0.25, 0.3) is 0 Å². The molecule has 1 fully saturated rings. The van der Waals surface area contributed by atoms with E-state index in [1.54, 1.807) is 0 Å². The minimum absolute atomic E-state index is 0. The summed E-state index contributed by atoms with van der Waals surface area (Å²) in [5.74, 6) is -5.77. The van der Waals surface area contributed by atoms with Crippen LogP contribution in [0.3, 0.4) is 0 Å². The Labute approximate surface area is 106 Å². The molecule has 3 nitrogen and oxygen atoms in total. The molecule has 1 aliphatic rings. The molecule has 1 heterocycles. The van der Waals surface area contributed by atoms with Crippen molar-refractivity contribution in [2.24, 2.45) is 0 Å². The Morgan fingerprint density at radius 1 is 1.28 bits per heavy atom. The lowest BCUT2D eigenvalue weighted by atomic mass is 10.00. The lowest BCUT2D eigenvalue weighted by Crippen LogP contribution is -2.49. The maximum Gasteiger partial charge on any atom is 0.408 e. The molecule has 1 aromatic rings. The number of carbonyl (C=O) groups excluding carboxylic acids is 1. The maximum atomic E-state index is 13.4. The summed E-state index contributed by atoms with van der Waals surface area (Å²) < 4.78 is 56.5. The van der Waals surface area contributed by atoms with Crippen LogP contribution >= 0.6 is 12.4 Å². The maximum absolute atomic E-state index is 13.4. The first kappa shape index (κ1) is 14.6. The van der Waals surface area contributed by atoms with E-state index in [0.717, 1.165) is 12.1 Å². The number of amides is 1. The Hall–Kier alpha value is -1.50. The fourth-order valence-corrected chi connectivity index (χ4v) is 1.53. The minimum Gasteiger partial charge on any atom is -0.443 e. The van der Waals surface area contributed by atoms with E-state index >= 15 is 0 Å². The Bertz CT molecular complexity index is 469. The Morgan fingerprint density at radius 2 is 1.94 bits per heavy atom. The molecule has 0 saturated carbocycles. The highest BCUT2D eigenvalue weighted by molar-refractivity contribution is 5.85. The fourth-order valence-electron chi connectivity index (χ4n) is 1.53. The van der Waals surface area contributed by atoms with E-state index in [4.69, 9.17) is 0 Å². The molecule has 1 aliphatic heterocycles. The van der Waals surface area contributed by atoms with Gasteiger partial charge in [0.1, 0.15) is 6.04 Å². The largest absolute Gasteiger partial charge is 0.443 e. The van der Waals surface area contributed by atoms with Crippen LogP contribution in [-0.4, -0.2) is 18.6 Å². The van der Waals surface area contributed by atoms with Gasteiger partial charge in [-0.1, -0.05) is 6.07 Å². The zero-order valence-electron chi connectivity index (χ0n) is 8.75. The minimum atomic E-state index is -3.38. The van der Waals surface area contributed by atoms with Crippen molar-refractivity contribution in [2.75, 3.05) is 6.61 Å². The molecule has 2 rings (SSSR count). The van der Waals surface area contributed by atoms with Gasteiger partial charge in [0.25, 0.3) is 0 Å². The van der Waals surface area contributed by atoms with Gasteiger partial charge in [-0.2, -0.15) is 0 Å². The molecular weight excluding hydrogens is 278 g/mol. The zero-order valence-corrected chi connectivity index (χ0v) is 9.57. The van der Waals surface area contributed by atoms with Crippen LogP contribution in [0.5, 0.6) is 0 Å². The molecular formula is C10H8ClF4NO2. The standard InChI is InChI=1S/C10H7F4NO2.ClH/c11-6-2-1-5(3-7(6)12)8-10(13,14)4-17-9(16)15-8;/h1-3,8H,4H2,(H,15,16);1H/t8-;/m0./s1. The lowest BCUT2D eigenvalue weighted by Gasteiger charge is -2.31. The summed E-state index contributed by atoms with van der Waals surface area (Å²) in [6.07, 6.45) is -1.02. The predicted octanol–water partition coefficient (Wildman–Crippen LogP) is 2.80. The van der Waals surface area contributed by atoms with Crippen LogP contribution in [0.1, 0.15) is 11.6 Å². The summed E-state index contributed by atoms with van der Waals surface area (Å²) in [6, 6.07) is 0.614. The van der Waals surface area contributed by atoms with Crippen molar-refractivity contribution in [2.45, 2.75) is 12.0 Å². The second-order valence-corrected chi connectivity index (χ2v) is 3.59. The zero-order chi connectivity index (χ0) is 12.6. The topological polar surface area (TPSA) is 38.3 Å². The molecule has 0 aliphatic carbocycles. The number of rotatable bonds is 1. The van der Waals surface area contributed by atoms with Gasteiger partial charge in [0.2, 0.25) is 0 Å².